The lowest BCUT2D eigenvalue weighted by Crippen LogP contribution is -2.33. The third-order valence-corrected chi connectivity index (χ3v) is 7.47. The van der Waals surface area contributed by atoms with Crippen LogP contribution < -0.4 is 33.7 Å². The lowest BCUT2D eigenvalue weighted by atomic mass is 9.99. The first-order valence-electron chi connectivity index (χ1n) is 14.1. The number of benzene rings is 3. The average molecular weight is 604 g/mol. The van der Waals surface area contributed by atoms with Crippen LogP contribution in [0, 0.1) is 0 Å². The SMILES string of the molecule is COc1cc2c(cc1OC)CN(CCn1cc(COc3ccccc3NC(=O)c3cc(OC)c(OC)c(OC)c3)nn1)CC2. The first-order chi connectivity index (χ1) is 21.5. The summed E-state index contributed by atoms with van der Waals surface area (Å²) < 4.78 is 34.9. The van der Waals surface area contributed by atoms with E-state index in [-0.39, 0.29) is 12.5 Å². The molecule has 5 rings (SSSR count). The summed E-state index contributed by atoms with van der Waals surface area (Å²) in [5, 5.41) is 11.5. The Bertz CT molecular complexity index is 1580. The van der Waals surface area contributed by atoms with Crippen LogP contribution >= 0.6 is 0 Å². The van der Waals surface area contributed by atoms with Crippen molar-refractivity contribution in [2.45, 2.75) is 26.1 Å². The van der Waals surface area contributed by atoms with Gasteiger partial charge in [0.1, 0.15) is 18.1 Å². The van der Waals surface area contributed by atoms with Crippen LogP contribution in [0.5, 0.6) is 34.5 Å². The van der Waals surface area contributed by atoms with Gasteiger partial charge >= 0.3 is 0 Å². The molecular weight excluding hydrogens is 566 g/mol. The van der Waals surface area contributed by atoms with E-state index >= 15 is 0 Å². The van der Waals surface area contributed by atoms with E-state index in [0.717, 1.165) is 37.6 Å². The van der Waals surface area contributed by atoms with Crippen LogP contribution in [-0.2, 0) is 26.1 Å². The zero-order chi connectivity index (χ0) is 31.1. The number of nitrogens with one attached hydrogen (secondary N) is 1. The van der Waals surface area contributed by atoms with Crippen molar-refractivity contribution in [1.29, 1.82) is 0 Å². The second-order valence-corrected chi connectivity index (χ2v) is 10.1. The number of methoxy groups -OCH3 is 5. The molecule has 0 bridgehead atoms. The molecule has 1 aromatic heterocycles. The van der Waals surface area contributed by atoms with Gasteiger partial charge in [0.05, 0.1) is 54.0 Å². The number of carbonyl (C=O) groups is 1. The van der Waals surface area contributed by atoms with Crippen molar-refractivity contribution < 1.29 is 33.2 Å². The highest BCUT2D eigenvalue weighted by atomic mass is 16.5. The molecule has 3 aromatic carbocycles. The third kappa shape index (κ3) is 6.81. The highest BCUT2D eigenvalue weighted by Gasteiger charge is 2.20. The summed E-state index contributed by atoms with van der Waals surface area (Å²) in [6, 6.07) is 14.5. The fourth-order valence-electron chi connectivity index (χ4n) is 5.14. The van der Waals surface area contributed by atoms with E-state index in [2.05, 4.69) is 32.7 Å². The molecule has 12 heteroatoms. The topological polar surface area (TPSA) is 118 Å². The molecule has 0 unspecified atom stereocenters. The van der Waals surface area contributed by atoms with E-state index in [1.54, 1.807) is 38.5 Å². The van der Waals surface area contributed by atoms with Gasteiger partial charge in [-0.05, 0) is 53.9 Å². The van der Waals surface area contributed by atoms with E-state index < -0.39 is 0 Å². The van der Waals surface area contributed by atoms with Crippen molar-refractivity contribution in [3.8, 4) is 34.5 Å². The minimum Gasteiger partial charge on any atom is -0.493 e. The predicted molar refractivity (Wildman–Crippen MR) is 163 cm³/mol. The molecule has 0 radical (unpaired) electrons. The zero-order valence-corrected chi connectivity index (χ0v) is 25.6. The number of amides is 1. The summed E-state index contributed by atoms with van der Waals surface area (Å²) in [7, 11) is 7.83. The van der Waals surface area contributed by atoms with Gasteiger partial charge in [0.15, 0.2) is 23.0 Å². The molecule has 1 aliphatic heterocycles. The van der Waals surface area contributed by atoms with Crippen molar-refractivity contribution in [1.82, 2.24) is 19.9 Å². The average Bonchev–Trinajstić information content (AvgIpc) is 3.53. The molecule has 0 aliphatic carbocycles. The summed E-state index contributed by atoms with van der Waals surface area (Å²) in [5.41, 5.74) is 4.07. The first-order valence-corrected chi connectivity index (χ1v) is 14.1. The molecular formula is C32H37N5O7. The van der Waals surface area contributed by atoms with Crippen LogP contribution in [0.15, 0.2) is 54.7 Å². The molecule has 0 saturated carbocycles. The Hall–Kier alpha value is -4.97. The molecule has 1 amide bonds. The lowest BCUT2D eigenvalue weighted by molar-refractivity contribution is 0.102. The maximum atomic E-state index is 13.2. The molecule has 44 heavy (non-hydrogen) atoms. The zero-order valence-electron chi connectivity index (χ0n) is 25.6. The number of fused-ring (bicyclic) bond motifs is 1. The number of rotatable bonds is 13. The van der Waals surface area contributed by atoms with Crippen LogP contribution in [0.3, 0.4) is 0 Å². The van der Waals surface area contributed by atoms with Gasteiger partial charge in [-0.15, -0.1) is 5.10 Å². The Morgan fingerprint density at radius 3 is 2.18 bits per heavy atom. The molecule has 0 atom stereocenters. The highest BCUT2D eigenvalue weighted by Crippen LogP contribution is 2.38. The van der Waals surface area contributed by atoms with E-state index in [4.69, 9.17) is 28.4 Å². The normalized spacial score (nSPS) is 12.7. The quantitative estimate of drug-likeness (QED) is 0.238. The largest absolute Gasteiger partial charge is 0.493 e. The van der Waals surface area contributed by atoms with Gasteiger partial charge in [0, 0.05) is 25.2 Å². The Balaban J connectivity index is 1.17. The summed E-state index contributed by atoms with van der Waals surface area (Å²) in [5.74, 6) is 2.83. The van der Waals surface area contributed by atoms with Crippen LogP contribution in [0.2, 0.25) is 0 Å². The van der Waals surface area contributed by atoms with Crippen LogP contribution in [0.1, 0.15) is 27.2 Å². The summed E-state index contributed by atoms with van der Waals surface area (Å²) in [6.07, 6.45) is 2.82. The van der Waals surface area contributed by atoms with Gasteiger partial charge in [0.2, 0.25) is 5.75 Å². The maximum absolute atomic E-state index is 13.2. The minimum atomic E-state index is -0.357. The first kappa shape index (κ1) is 30.5. The fourth-order valence-corrected chi connectivity index (χ4v) is 5.14. The van der Waals surface area contributed by atoms with Crippen molar-refractivity contribution in [2.75, 3.05) is 54.0 Å². The Kier molecular flexibility index (Phi) is 9.70. The molecule has 0 fully saturated rings. The Labute approximate surface area is 256 Å². The number of carbonyl (C=O) groups excluding carboxylic acids is 1. The Morgan fingerprint density at radius 1 is 0.818 bits per heavy atom. The molecule has 0 saturated heterocycles. The van der Waals surface area contributed by atoms with Gasteiger partial charge in [-0.3, -0.25) is 14.4 Å². The predicted octanol–water partition coefficient (Wildman–Crippen LogP) is 4.21. The van der Waals surface area contributed by atoms with Crippen molar-refractivity contribution in [2.24, 2.45) is 0 Å². The van der Waals surface area contributed by atoms with Gasteiger partial charge in [-0.25, -0.2) is 0 Å². The van der Waals surface area contributed by atoms with Crippen LogP contribution in [-0.4, -0.2) is 74.4 Å². The third-order valence-electron chi connectivity index (χ3n) is 7.47. The number of anilines is 1. The Morgan fingerprint density at radius 2 is 1.50 bits per heavy atom. The van der Waals surface area contributed by atoms with Gasteiger partial charge in [0.25, 0.3) is 5.91 Å². The molecule has 232 valence electrons. The lowest BCUT2D eigenvalue weighted by Gasteiger charge is -2.29. The second-order valence-electron chi connectivity index (χ2n) is 10.1. The van der Waals surface area contributed by atoms with Crippen LogP contribution in [0.4, 0.5) is 5.69 Å². The summed E-state index contributed by atoms with van der Waals surface area (Å²) >= 11 is 0. The van der Waals surface area contributed by atoms with E-state index in [1.165, 1.54) is 32.5 Å². The number of hydrogen-bond acceptors (Lipinski definition) is 10. The minimum absolute atomic E-state index is 0.190. The van der Waals surface area contributed by atoms with Crippen molar-refractivity contribution in [3.05, 3.63) is 77.1 Å². The fraction of sp³-hybridized carbons (Fsp3) is 0.344. The number of nitrogens with zero attached hydrogens (tertiary/aromatic N) is 4. The second kappa shape index (κ2) is 14.0. The number of hydrogen-bond donors (Lipinski definition) is 1. The number of para-hydroxylation sites is 2. The highest BCUT2D eigenvalue weighted by molar-refractivity contribution is 6.05. The smallest absolute Gasteiger partial charge is 0.256 e. The van der Waals surface area contributed by atoms with E-state index in [1.807, 2.05) is 23.0 Å². The summed E-state index contributed by atoms with van der Waals surface area (Å²) in [6.45, 7) is 3.49. The number of ether oxygens (including phenoxy) is 6. The van der Waals surface area contributed by atoms with Crippen LogP contribution in [0.25, 0.3) is 0 Å². The maximum Gasteiger partial charge on any atom is 0.256 e. The molecule has 1 N–H and O–H groups in total. The molecule has 4 aromatic rings. The monoisotopic (exact) mass is 603 g/mol. The van der Waals surface area contributed by atoms with Gasteiger partial charge in [-0.1, -0.05) is 17.3 Å². The molecule has 1 aliphatic rings. The van der Waals surface area contributed by atoms with Gasteiger partial charge in [-0.2, -0.15) is 0 Å². The molecule has 0 spiro atoms. The standard InChI is InChI=1S/C32H37N5O7/c1-39-27-14-21-10-11-36(18-23(21)17-28(27)40-2)12-13-37-19-24(34-35-37)20-44-26-9-7-6-8-25(26)33-32(38)22-15-29(41-3)31(43-5)30(16-22)42-4/h6-9,14-17,19H,10-13,18,20H2,1-5H3,(H,33,38). The van der Waals surface area contributed by atoms with Gasteiger partial charge < -0.3 is 33.7 Å². The van der Waals surface area contributed by atoms with Crippen molar-refractivity contribution in [3.63, 3.8) is 0 Å². The van der Waals surface area contributed by atoms with E-state index in [9.17, 15) is 4.79 Å². The summed E-state index contributed by atoms with van der Waals surface area (Å²) in [4.78, 5) is 15.5. The van der Waals surface area contributed by atoms with E-state index in [0.29, 0.717) is 46.5 Å². The van der Waals surface area contributed by atoms with Crippen molar-refractivity contribution >= 4 is 11.6 Å². The number of aromatic nitrogens is 3. The molecule has 12 nitrogen and oxygen atoms in total. The molecule has 2 heterocycles.